The Morgan fingerprint density at radius 3 is 2.56 bits per heavy atom. The summed E-state index contributed by atoms with van der Waals surface area (Å²) < 4.78 is 10.1. The van der Waals surface area contributed by atoms with Crippen LogP contribution in [-0.2, 0) is 6.61 Å². The molecule has 5 heteroatoms. The maximum atomic E-state index is 9.67. The Labute approximate surface area is 105 Å². The van der Waals surface area contributed by atoms with Crippen molar-refractivity contribution in [3.8, 4) is 5.75 Å². The molecule has 1 heterocycles. The van der Waals surface area contributed by atoms with Crippen LogP contribution < -0.4 is 4.74 Å². The van der Waals surface area contributed by atoms with Gasteiger partial charge in [0.05, 0.1) is 6.10 Å². The molecule has 0 fully saturated rings. The van der Waals surface area contributed by atoms with Crippen molar-refractivity contribution in [2.24, 2.45) is 0 Å². The molecule has 2 aromatic rings. The van der Waals surface area contributed by atoms with Crippen LogP contribution in [-0.4, -0.2) is 15.4 Å². The quantitative estimate of drug-likeness (QED) is 0.879. The normalized spacial score (nSPS) is 12.4. The van der Waals surface area contributed by atoms with E-state index >= 15 is 0 Å². The predicted octanol–water partition coefficient (Wildman–Crippen LogP) is 2.40. The molecule has 0 saturated carbocycles. The highest BCUT2D eigenvalue weighted by Crippen LogP contribution is 2.20. The van der Waals surface area contributed by atoms with E-state index in [1.54, 1.807) is 0 Å². The van der Waals surface area contributed by atoms with E-state index in [0.29, 0.717) is 18.7 Å². The van der Waals surface area contributed by atoms with Gasteiger partial charge in [0.2, 0.25) is 0 Å². The SMILES string of the molecule is CCC(O)c1ccc(OCc2nonc2C)cc1. The van der Waals surface area contributed by atoms with Crippen molar-refractivity contribution in [1.29, 1.82) is 0 Å². The number of aliphatic hydroxyl groups excluding tert-OH is 1. The van der Waals surface area contributed by atoms with Gasteiger partial charge in [-0.05, 0) is 31.0 Å². The third-order valence-corrected chi connectivity index (χ3v) is 2.77. The van der Waals surface area contributed by atoms with E-state index in [9.17, 15) is 5.11 Å². The molecule has 0 saturated heterocycles. The van der Waals surface area contributed by atoms with Crippen LogP contribution in [0.3, 0.4) is 0 Å². The van der Waals surface area contributed by atoms with E-state index in [-0.39, 0.29) is 0 Å². The predicted molar refractivity (Wildman–Crippen MR) is 65.1 cm³/mol. The monoisotopic (exact) mass is 248 g/mol. The van der Waals surface area contributed by atoms with Crippen molar-refractivity contribution >= 4 is 0 Å². The van der Waals surface area contributed by atoms with Crippen molar-refractivity contribution in [3.63, 3.8) is 0 Å². The number of benzene rings is 1. The summed E-state index contributed by atoms with van der Waals surface area (Å²) in [5.74, 6) is 0.726. The molecule has 0 amide bonds. The number of hydrogen-bond donors (Lipinski definition) is 1. The first-order chi connectivity index (χ1) is 8.70. The molecule has 0 aliphatic carbocycles. The van der Waals surface area contributed by atoms with E-state index in [2.05, 4.69) is 14.9 Å². The largest absolute Gasteiger partial charge is 0.487 e. The summed E-state index contributed by atoms with van der Waals surface area (Å²) >= 11 is 0. The summed E-state index contributed by atoms with van der Waals surface area (Å²) in [5.41, 5.74) is 2.31. The van der Waals surface area contributed by atoms with Gasteiger partial charge in [0.25, 0.3) is 0 Å². The zero-order chi connectivity index (χ0) is 13.0. The number of ether oxygens (including phenoxy) is 1. The molecule has 5 nitrogen and oxygen atoms in total. The topological polar surface area (TPSA) is 68.4 Å². The average molecular weight is 248 g/mol. The molecule has 1 aromatic heterocycles. The van der Waals surface area contributed by atoms with Gasteiger partial charge in [-0.2, -0.15) is 0 Å². The molecule has 0 radical (unpaired) electrons. The maximum absolute atomic E-state index is 9.67. The van der Waals surface area contributed by atoms with Crippen LogP contribution in [0.5, 0.6) is 5.75 Å². The molecule has 1 unspecified atom stereocenters. The van der Waals surface area contributed by atoms with Gasteiger partial charge in [0, 0.05) is 0 Å². The van der Waals surface area contributed by atoms with Crippen LogP contribution in [0.15, 0.2) is 28.9 Å². The highest BCUT2D eigenvalue weighted by molar-refractivity contribution is 5.28. The van der Waals surface area contributed by atoms with Gasteiger partial charge < -0.3 is 9.84 Å². The molecule has 2 rings (SSSR count). The van der Waals surface area contributed by atoms with Gasteiger partial charge in [0.1, 0.15) is 23.7 Å². The molecule has 1 atom stereocenters. The molecule has 0 spiro atoms. The molecule has 96 valence electrons. The lowest BCUT2D eigenvalue weighted by molar-refractivity contribution is 0.173. The molecule has 0 aliphatic rings. The van der Waals surface area contributed by atoms with Gasteiger partial charge >= 0.3 is 0 Å². The van der Waals surface area contributed by atoms with Crippen molar-refractivity contribution < 1.29 is 14.5 Å². The van der Waals surface area contributed by atoms with Crippen molar-refractivity contribution in [1.82, 2.24) is 10.3 Å². The van der Waals surface area contributed by atoms with Crippen LogP contribution in [0, 0.1) is 6.92 Å². The lowest BCUT2D eigenvalue weighted by Gasteiger charge is -2.09. The van der Waals surface area contributed by atoms with E-state index in [1.165, 1.54) is 0 Å². The first-order valence-corrected chi connectivity index (χ1v) is 5.89. The Kier molecular flexibility index (Phi) is 3.94. The minimum absolute atomic E-state index is 0.324. The Hall–Kier alpha value is -1.88. The number of rotatable bonds is 5. The molecule has 18 heavy (non-hydrogen) atoms. The molecule has 0 aliphatic heterocycles. The zero-order valence-electron chi connectivity index (χ0n) is 10.5. The van der Waals surface area contributed by atoms with E-state index in [0.717, 1.165) is 17.0 Å². The molecule has 1 aromatic carbocycles. The van der Waals surface area contributed by atoms with Crippen LogP contribution in [0.4, 0.5) is 0 Å². The van der Waals surface area contributed by atoms with Gasteiger partial charge in [0.15, 0.2) is 0 Å². The van der Waals surface area contributed by atoms with Crippen molar-refractivity contribution in [2.75, 3.05) is 0 Å². The molecular weight excluding hydrogens is 232 g/mol. The van der Waals surface area contributed by atoms with Crippen LogP contribution in [0.25, 0.3) is 0 Å². The first-order valence-electron chi connectivity index (χ1n) is 5.89. The minimum atomic E-state index is -0.416. The zero-order valence-corrected chi connectivity index (χ0v) is 10.5. The van der Waals surface area contributed by atoms with Gasteiger partial charge in [-0.1, -0.05) is 29.4 Å². The lowest BCUT2D eigenvalue weighted by Crippen LogP contribution is -1.99. The van der Waals surface area contributed by atoms with E-state index < -0.39 is 6.10 Å². The maximum Gasteiger partial charge on any atom is 0.145 e. The van der Waals surface area contributed by atoms with Gasteiger partial charge in [-0.25, -0.2) is 4.63 Å². The summed E-state index contributed by atoms with van der Waals surface area (Å²) in [5, 5.41) is 17.1. The highest BCUT2D eigenvalue weighted by Gasteiger charge is 2.07. The minimum Gasteiger partial charge on any atom is -0.487 e. The summed E-state index contributed by atoms with van der Waals surface area (Å²) in [6.07, 6.45) is 0.283. The van der Waals surface area contributed by atoms with Gasteiger partial charge in [-0.15, -0.1) is 0 Å². The van der Waals surface area contributed by atoms with Crippen molar-refractivity contribution in [3.05, 3.63) is 41.2 Å². The highest BCUT2D eigenvalue weighted by atomic mass is 16.6. The average Bonchev–Trinajstić information content (AvgIpc) is 2.81. The standard InChI is InChI=1S/C13H16N2O3/c1-3-13(16)10-4-6-11(7-5-10)17-8-12-9(2)14-18-15-12/h4-7,13,16H,3,8H2,1-2H3. The second-order valence-electron chi connectivity index (χ2n) is 4.08. The van der Waals surface area contributed by atoms with Crippen LogP contribution in [0.2, 0.25) is 0 Å². The fourth-order valence-corrected chi connectivity index (χ4v) is 1.55. The van der Waals surface area contributed by atoms with Gasteiger partial charge in [-0.3, -0.25) is 0 Å². The fraction of sp³-hybridized carbons (Fsp3) is 0.385. The third kappa shape index (κ3) is 2.87. The summed E-state index contributed by atoms with van der Waals surface area (Å²) in [4.78, 5) is 0. The second kappa shape index (κ2) is 5.64. The number of aliphatic hydroxyl groups is 1. The Bertz CT molecular complexity index is 493. The molecular formula is C13H16N2O3. The lowest BCUT2D eigenvalue weighted by atomic mass is 10.1. The number of aryl methyl sites for hydroxylation is 1. The van der Waals surface area contributed by atoms with E-state index in [1.807, 2.05) is 38.1 Å². The summed E-state index contributed by atoms with van der Waals surface area (Å²) in [7, 11) is 0. The summed E-state index contributed by atoms with van der Waals surface area (Å²) in [6, 6.07) is 7.38. The summed E-state index contributed by atoms with van der Waals surface area (Å²) in [6.45, 7) is 4.08. The van der Waals surface area contributed by atoms with Crippen LogP contribution in [0.1, 0.15) is 36.4 Å². The second-order valence-corrected chi connectivity index (χ2v) is 4.08. The Morgan fingerprint density at radius 1 is 1.28 bits per heavy atom. The number of hydrogen-bond acceptors (Lipinski definition) is 5. The molecule has 0 bridgehead atoms. The third-order valence-electron chi connectivity index (χ3n) is 2.77. The smallest absolute Gasteiger partial charge is 0.145 e. The number of nitrogens with zero attached hydrogens (tertiary/aromatic N) is 2. The van der Waals surface area contributed by atoms with Crippen molar-refractivity contribution in [2.45, 2.75) is 33.0 Å². The number of aromatic nitrogens is 2. The van der Waals surface area contributed by atoms with Crippen LogP contribution >= 0.6 is 0 Å². The Balaban J connectivity index is 1.96. The fourth-order valence-electron chi connectivity index (χ4n) is 1.55. The van der Waals surface area contributed by atoms with E-state index in [4.69, 9.17) is 4.74 Å². The Morgan fingerprint density at radius 2 is 2.00 bits per heavy atom. The molecule has 1 N–H and O–H groups in total. The first kappa shape index (κ1) is 12.6.